The summed E-state index contributed by atoms with van der Waals surface area (Å²) in [7, 11) is 0. The standard InChI is InChI=1S/C16H27N3O2/c1-2-18(11-13-20)12-14-21-16-6-4-3-5-15(16)19-9-7-17-8-10-19/h3-6,17,20H,2,7-14H2,1H3. The van der Waals surface area contributed by atoms with Crippen molar-refractivity contribution in [1.82, 2.24) is 10.2 Å². The van der Waals surface area contributed by atoms with E-state index in [1.54, 1.807) is 0 Å². The SMILES string of the molecule is CCN(CCO)CCOc1ccccc1N1CCNCC1. The molecule has 0 aliphatic carbocycles. The molecule has 1 aromatic carbocycles. The van der Waals surface area contributed by atoms with Crippen molar-refractivity contribution in [2.45, 2.75) is 6.92 Å². The molecule has 0 spiro atoms. The van der Waals surface area contributed by atoms with Gasteiger partial charge in [-0.05, 0) is 18.7 Å². The molecule has 2 N–H and O–H groups in total. The van der Waals surface area contributed by atoms with Gasteiger partial charge in [-0.3, -0.25) is 4.90 Å². The monoisotopic (exact) mass is 293 g/mol. The first-order valence-corrected chi connectivity index (χ1v) is 7.86. The Morgan fingerprint density at radius 3 is 2.71 bits per heavy atom. The van der Waals surface area contributed by atoms with Crippen LogP contribution >= 0.6 is 0 Å². The highest BCUT2D eigenvalue weighted by molar-refractivity contribution is 5.58. The summed E-state index contributed by atoms with van der Waals surface area (Å²) in [6.45, 7) is 9.52. The third-order valence-corrected chi connectivity index (χ3v) is 3.85. The fourth-order valence-electron chi connectivity index (χ4n) is 2.60. The molecule has 1 fully saturated rings. The summed E-state index contributed by atoms with van der Waals surface area (Å²) >= 11 is 0. The number of nitrogens with zero attached hydrogens (tertiary/aromatic N) is 2. The predicted octanol–water partition coefficient (Wildman–Crippen LogP) is 0.789. The number of hydrogen-bond acceptors (Lipinski definition) is 5. The largest absolute Gasteiger partial charge is 0.490 e. The van der Waals surface area contributed by atoms with E-state index in [0.717, 1.165) is 45.0 Å². The fourth-order valence-corrected chi connectivity index (χ4v) is 2.60. The Morgan fingerprint density at radius 1 is 1.24 bits per heavy atom. The second kappa shape index (κ2) is 8.87. The number of rotatable bonds is 8. The molecule has 1 aromatic rings. The number of nitrogens with one attached hydrogen (secondary N) is 1. The van der Waals surface area contributed by atoms with Crippen molar-refractivity contribution in [3.05, 3.63) is 24.3 Å². The van der Waals surface area contributed by atoms with Crippen molar-refractivity contribution >= 4 is 5.69 Å². The molecule has 1 saturated heterocycles. The number of anilines is 1. The van der Waals surface area contributed by atoms with E-state index in [-0.39, 0.29) is 6.61 Å². The smallest absolute Gasteiger partial charge is 0.142 e. The molecule has 0 saturated carbocycles. The third-order valence-electron chi connectivity index (χ3n) is 3.85. The van der Waals surface area contributed by atoms with Crippen LogP contribution in [0, 0.1) is 0 Å². The molecule has 5 nitrogen and oxygen atoms in total. The lowest BCUT2D eigenvalue weighted by Crippen LogP contribution is -2.43. The topological polar surface area (TPSA) is 48.0 Å². The summed E-state index contributed by atoms with van der Waals surface area (Å²) in [5.74, 6) is 0.958. The molecule has 0 aromatic heterocycles. The van der Waals surface area contributed by atoms with E-state index in [1.807, 2.05) is 12.1 Å². The van der Waals surface area contributed by atoms with Gasteiger partial charge in [-0.15, -0.1) is 0 Å². The molecule has 0 amide bonds. The molecule has 1 heterocycles. The average molecular weight is 293 g/mol. The van der Waals surface area contributed by atoms with Crippen molar-refractivity contribution in [1.29, 1.82) is 0 Å². The van der Waals surface area contributed by atoms with Crippen LogP contribution in [0.3, 0.4) is 0 Å². The first-order valence-electron chi connectivity index (χ1n) is 7.86. The highest BCUT2D eigenvalue weighted by Crippen LogP contribution is 2.28. The summed E-state index contributed by atoms with van der Waals surface area (Å²) in [6.07, 6.45) is 0. The van der Waals surface area contributed by atoms with Crippen LogP contribution in [0.1, 0.15) is 6.92 Å². The van der Waals surface area contributed by atoms with E-state index in [0.29, 0.717) is 13.2 Å². The highest BCUT2D eigenvalue weighted by atomic mass is 16.5. The Kier molecular flexibility index (Phi) is 6.79. The van der Waals surface area contributed by atoms with E-state index in [4.69, 9.17) is 9.84 Å². The molecule has 0 bridgehead atoms. The molecule has 0 radical (unpaired) electrons. The van der Waals surface area contributed by atoms with Gasteiger partial charge >= 0.3 is 0 Å². The maximum atomic E-state index is 9.00. The van der Waals surface area contributed by atoms with E-state index in [9.17, 15) is 0 Å². The number of para-hydroxylation sites is 2. The number of aliphatic hydroxyl groups excluding tert-OH is 1. The summed E-state index contributed by atoms with van der Waals surface area (Å²) in [4.78, 5) is 4.56. The van der Waals surface area contributed by atoms with Crippen LogP contribution in [0.2, 0.25) is 0 Å². The zero-order valence-corrected chi connectivity index (χ0v) is 12.9. The minimum atomic E-state index is 0.200. The van der Waals surface area contributed by atoms with Crippen LogP contribution < -0.4 is 15.0 Å². The lowest BCUT2D eigenvalue weighted by Gasteiger charge is -2.31. The Hall–Kier alpha value is -1.30. The van der Waals surface area contributed by atoms with Gasteiger partial charge in [0, 0.05) is 39.3 Å². The minimum absolute atomic E-state index is 0.200. The van der Waals surface area contributed by atoms with Crippen LogP contribution in [0.25, 0.3) is 0 Å². The number of ether oxygens (including phenoxy) is 1. The van der Waals surface area contributed by atoms with Crippen molar-refractivity contribution in [3.8, 4) is 5.75 Å². The second-order valence-corrected chi connectivity index (χ2v) is 5.21. The van der Waals surface area contributed by atoms with Crippen molar-refractivity contribution in [2.75, 3.05) is 63.9 Å². The second-order valence-electron chi connectivity index (χ2n) is 5.21. The number of hydrogen-bond donors (Lipinski definition) is 2. The number of likely N-dealkylation sites (N-methyl/N-ethyl adjacent to an activating group) is 1. The Bertz CT molecular complexity index is 408. The maximum Gasteiger partial charge on any atom is 0.142 e. The van der Waals surface area contributed by atoms with Gasteiger partial charge in [0.15, 0.2) is 0 Å². The van der Waals surface area contributed by atoms with Crippen LogP contribution in [-0.2, 0) is 0 Å². The number of piperazine rings is 1. The van der Waals surface area contributed by atoms with Gasteiger partial charge in [0.1, 0.15) is 12.4 Å². The van der Waals surface area contributed by atoms with Gasteiger partial charge in [-0.1, -0.05) is 19.1 Å². The number of aliphatic hydroxyl groups is 1. The van der Waals surface area contributed by atoms with Gasteiger partial charge in [0.05, 0.1) is 12.3 Å². The Balaban J connectivity index is 1.90. The lowest BCUT2D eigenvalue weighted by molar-refractivity contribution is 0.174. The average Bonchev–Trinajstić information content (AvgIpc) is 2.55. The summed E-state index contributed by atoms with van der Waals surface area (Å²) in [5.41, 5.74) is 1.18. The normalized spacial score (nSPS) is 15.5. The fraction of sp³-hybridized carbons (Fsp3) is 0.625. The molecule has 1 aliphatic heterocycles. The number of benzene rings is 1. The van der Waals surface area contributed by atoms with Crippen molar-refractivity contribution in [3.63, 3.8) is 0 Å². The minimum Gasteiger partial charge on any atom is -0.490 e. The molecule has 1 aliphatic rings. The van der Waals surface area contributed by atoms with Crippen LogP contribution in [0.4, 0.5) is 5.69 Å². The van der Waals surface area contributed by atoms with E-state index >= 15 is 0 Å². The van der Waals surface area contributed by atoms with Crippen molar-refractivity contribution in [2.24, 2.45) is 0 Å². The first kappa shape index (κ1) is 16.1. The van der Waals surface area contributed by atoms with Gasteiger partial charge < -0.3 is 20.1 Å². The quantitative estimate of drug-likeness (QED) is 0.742. The summed E-state index contributed by atoms with van der Waals surface area (Å²) in [6, 6.07) is 8.26. The Labute approximate surface area is 127 Å². The van der Waals surface area contributed by atoms with Crippen LogP contribution in [0.15, 0.2) is 24.3 Å². The van der Waals surface area contributed by atoms with E-state index < -0.39 is 0 Å². The zero-order chi connectivity index (χ0) is 14.9. The molecular formula is C16H27N3O2. The molecule has 0 atom stereocenters. The van der Waals surface area contributed by atoms with E-state index in [1.165, 1.54) is 5.69 Å². The molecule has 5 heteroatoms. The van der Waals surface area contributed by atoms with Gasteiger partial charge in [-0.25, -0.2) is 0 Å². The third kappa shape index (κ3) is 4.88. The van der Waals surface area contributed by atoms with Gasteiger partial charge in [0.25, 0.3) is 0 Å². The predicted molar refractivity (Wildman–Crippen MR) is 86.2 cm³/mol. The highest BCUT2D eigenvalue weighted by Gasteiger charge is 2.14. The molecular weight excluding hydrogens is 266 g/mol. The molecule has 118 valence electrons. The first-order chi connectivity index (χ1) is 10.3. The van der Waals surface area contributed by atoms with E-state index in [2.05, 4.69) is 34.2 Å². The summed E-state index contributed by atoms with van der Waals surface area (Å²) < 4.78 is 5.98. The lowest BCUT2D eigenvalue weighted by atomic mass is 10.2. The van der Waals surface area contributed by atoms with Crippen LogP contribution in [-0.4, -0.2) is 69.0 Å². The summed E-state index contributed by atoms with van der Waals surface area (Å²) in [5, 5.41) is 12.4. The maximum absolute atomic E-state index is 9.00. The molecule has 21 heavy (non-hydrogen) atoms. The van der Waals surface area contributed by atoms with Gasteiger partial charge in [0.2, 0.25) is 0 Å². The Morgan fingerprint density at radius 2 is 2.00 bits per heavy atom. The molecule has 2 rings (SSSR count). The van der Waals surface area contributed by atoms with Gasteiger partial charge in [-0.2, -0.15) is 0 Å². The van der Waals surface area contributed by atoms with Crippen molar-refractivity contribution < 1.29 is 9.84 Å². The molecule has 0 unspecified atom stereocenters. The van der Waals surface area contributed by atoms with Crippen LogP contribution in [0.5, 0.6) is 5.75 Å². The zero-order valence-electron chi connectivity index (χ0n) is 12.9.